The van der Waals surface area contributed by atoms with E-state index in [1.165, 1.54) is 24.6 Å². The molecule has 0 bridgehead atoms. The lowest BCUT2D eigenvalue weighted by Gasteiger charge is -2.18. The molecule has 30 heavy (non-hydrogen) atoms. The Hall–Kier alpha value is -2.53. The van der Waals surface area contributed by atoms with E-state index in [9.17, 15) is 4.79 Å². The van der Waals surface area contributed by atoms with Crippen LogP contribution in [0.4, 0.5) is 16.2 Å². The highest BCUT2D eigenvalue weighted by Gasteiger charge is 2.20. The summed E-state index contributed by atoms with van der Waals surface area (Å²) < 4.78 is 15.9. The van der Waals surface area contributed by atoms with E-state index in [1.54, 1.807) is 19.4 Å². The Kier molecular flexibility index (Phi) is 7.38. The van der Waals surface area contributed by atoms with Crippen LogP contribution in [0.2, 0.25) is 5.02 Å². The summed E-state index contributed by atoms with van der Waals surface area (Å²) in [5.41, 5.74) is 2.38. The number of halogens is 1. The molecule has 3 heterocycles. The van der Waals surface area contributed by atoms with Crippen LogP contribution in [0.25, 0.3) is 10.3 Å². The van der Waals surface area contributed by atoms with Crippen molar-refractivity contribution in [1.82, 2.24) is 15.0 Å². The molecule has 2 N–H and O–H groups in total. The molecule has 0 aliphatic carbocycles. The van der Waals surface area contributed by atoms with Crippen molar-refractivity contribution in [3.8, 4) is 5.88 Å². The molecular weight excluding hydrogens is 430 g/mol. The number of methoxy groups -OCH3 is 2. The maximum atomic E-state index is 12.6. The second kappa shape index (κ2) is 9.98. The Bertz CT molecular complexity index is 1050. The van der Waals surface area contributed by atoms with Gasteiger partial charge in [-0.05, 0) is 19.9 Å². The molecule has 3 aromatic rings. The van der Waals surface area contributed by atoms with Crippen molar-refractivity contribution in [2.75, 3.05) is 38.1 Å². The fourth-order valence-corrected chi connectivity index (χ4v) is 3.85. The van der Waals surface area contributed by atoms with Crippen molar-refractivity contribution < 1.29 is 19.0 Å². The Morgan fingerprint density at radius 1 is 1.23 bits per heavy atom. The SMILES string of the molecule is COCCOC(C)c1c(NC(=O)Nc2cnc(OC)c(Cl)c2)cnc2sc(C)nc12. The summed E-state index contributed by atoms with van der Waals surface area (Å²) >= 11 is 7.55. The summed E-state index contributed by atoms with van der Waals surface area (Å²) in [6.45, 7) is 4.68. The van der Waals surface area contributed by atoms with Gasteiger partial charge < -0.3 is 24.8 Å². The highest BCUT2D eigenvalue weighted by molar-refractivity contribution is 7.18. The number of pyridine rings is 2. The number of nitrogens with one attached hydrogen (secondary N) is 2. The van der Waals surface area contributed by atoms with E-state index in [2.05, 4.69) is 25.6 Å². The number of nitrogens with zero attached hydrogens (tertiary/aromatic N) is 3. The Labute approximate surface area is 182 Å². The quantitative estimate of drug-likeness (QED) is 0.488. The first kappa shape index (κ1) is 22.2. The number of fused-ring (bicyclic) bond motifs is 1. The summed E-state index contributed by atoms with van der Waals surface area (Å²) in [5, 5.41) is 6.68. The van der Waals surface area contributed by atoms with Crippen molar-refractivity contribution in [3.05, 3.63) is 34.1 Å². The molecule has 2 amide bonds. The molecule has 0 spiro atoms. The summed E-state index contributed by atoms with van der Waals surface area (Å²) in [5.74, 6) is 0.278. The van der Waals surface area contributed by atoms with Gasteiger partial charge in [-0.15, -0.1) is 0 Å². The van der Waals surface area contributed by atoms with Crippen LogP contribution in [-0.4, -0.2) is 48.4 Å². The van der Waals surface area contributed by atoms with Gasteiger partial charge in [0.15, 0.2) is 0 Å². The number of aryl methyl sites for hydroxylation is 1. The summed E-state index contributed by atoms with van der Waals surface area (Å²) in [6, 6.07) is 1.08. The lowest BCUT2D eigenvalue weighted by Crippen LogP contribution is -2.21. The second-order valence-corrected chi connectivity index (χ2v) is 7.86. The predicted octanol–water partition coefficient (Wildman–Crippen LogP) is 4.42. The minimum atomic E-state index is -0.475. The highest BCUT2D eigenvalue weighted by atomic mass is 35.5. The van der Waals surface area contributed by atoms with Crippen LogP contribution in [0.3, 0.4) is 0 Å². The lowest BCUT2D eigenvalue weighted by atomic mass is 10.1. The normalized spacial score (nSPS) is 12.0. The molecule has 160 valence electrons. The van der Waals surface area contributed by atoms with Crippen molar-refractivity contribution in [1.29, 1.82) is 0 Å². The van der Waals surface area contributed by atoms with Crippen LogP contribution in [0.15, 0.2) is 18.5 Å². The molecule has 0 saturated carbocycles. The first-order valence-electron chi connectivity index (χ1n) is 9.07. The molecule has 0 aromatic carbocycles. The third-order valence-electron chi connectivity index (χ3n) is 4.14. The summed E-state index contributed by atoms with van der Waals surface area (Å²) in [7, 11) is 3.08. The Balaban J connectivity index is 1.84. The van der Waals surface area contributed by atoms with E-state index in [0.29, 0.717) is 30.1 Å². The van der Waals surface area contributed by atoms with Gasteiger partial charge in [0.2, 0.25) is 5.88 Å². The van der Waals surface area contributed by atoms with Gasteiger partial charge in [0.25, 0.3) is 0 Å². The third kappa shape index (κ3) is 5.14. The van der Waals surface area contributed by atoms with Gasteiger partial charge in [-0.3, -0.25) is 0 Å². The van der Waals surface area contributed by atoms with Gasteiger partial charge in [-0.25, -0.2) is 19.7 Å². The first-order chi connectivity index (χ1) is 14.4. The highest BCUT2D eigenvalue weighted by Crippen LogP contribution is 2.34. The number of hydrogen-bond donors (Lipinski definition) is 2. The first-order valence-corrected chi connectivity index (χ1v) is 10.3. The fraction of sp³-hybridized carbons (Fsp3) is 0.368. The zero-order valence-electron chi connectivity index (χ0n) is 17.0. The van der Waals surface area contributed by atoms with Crippen molar-refractivity contribution in [2.24, 2.45) is 0 Å². The van der Waals surface area contributed by atoms with Crippen LogP contribution in [0, 0.1) is 6.92 Å². The minimum absolute atomic E-state index is 0.278. The third-order valence-corrected chi connectivity index (χ3v) is 5.29. The number of carbonyl (C=O) groups excluding carboxylic acids is 1. The van der Waals surface area contributed by atoms with Gasteiger partial charge in [0.1, 0.15) is 15.4 Å². The number of ether oxygens (including phenoxy) is 3. The zero-order valence-corrected chi connectivity index (χ0v) is 18.6. The van der Waals surface area contributed by atoms with Crippen molar-refractivity contribution >= 4 is 50.7 Å². The van der Waals surface area contributed by atoms with Gasteiger partial charge in [0, 0.05) is 12.7 Å². The largest absolute Gasteiger partial charge is 0.480 e. The van der Waals surface area contributed by atoms with E-state index in [1.807, 2.05) is 13.8 Å². The molecule has 0 aliphatic rings. The molecule has 1 unspecified atom stereocenters. The maximum absolute atomic E-state index is 12.6. The van der Waals surface area contributed by atoms with E-state index in [0.717, 1.165) is 15.4 Å². The number of thiazole rings is 1. The van der Waals surface area contributed by atoms with Gasteiger partial charge >= 0.3 is 6.03 Å². The average molecular weight is 452 g/mol. The molecule has 0 saturated heterocycles. The average Bonchev–Trinajstić information content (AvgIpc) is 3.08. The number of amides is 2. The maximum Gasteiger partial charge on any atom is 0.323 e. The number of rotatable bonds is 8. The van der Waals surface area contributed by atoms with E-state index < -0.39 is 6.03 Å². The van der Waals surface area contributed by atoms with Crippen molar-refractivity contribution in [2.45, 2.75) is 20.0 Å². The second-order valence-electron chi connectivity index (χ2n) is 6.27. The zero-order chi connectivity index (χ0) is 21.7. The lowest BCUT2D eigenvalue weighted by molar-refractivity contribution is 0.0264. The minimum Gasteiger partial charge on any atom is -0.480 e. The van der Waals surface area contributed by atoms with Crippen LogP contribution in [0.5, 0.6) is 5.88 Å². The van der Waals surface area contributed by atoms with E-state index in [-0.39, 0.29) is 17.0 Å². The molecule has 3 aromatic heterocycles. The number of anilines is 2. The van der Waals surface area contributed by atoms with Crippen LogP contribution < -0.4 is 15.4 Å². The Morgan fingerprint density at radius 3 is 2.73 bits per heavy atom. The molecule has 0 radical (unpaired) electrons. The molecule has 9 nitrogen and oxygen atoms in total. The van der Waals surface area contributed by atoms with Gasteiger partial charge in [-0.2, -0.15) is 0 Å². The van der Waals surface area contributed by atoms with Crippen LogP contribution in [-0.2, 0) is 9.47 Å². The number of carbonyl (C=O) groups is 1. The molecular formula is C19H22ClN5O4S. The number of aromatic nitrogens is 3. The molecule has 11 heteroatoms. The van der Waals surface area contributed by atoms with E-state index >= 15 is 0 Å². The van der Waals surface area contributed by atoms with Gasteiger partial charge in [0.05, 0.1) is 55.2 Å². The molecule has 1 atom stereocenters. The van der Waals surface area contributed by atoms with E-state index in [4.69, 9.17) is 25.8 Å². The topological polar surface area (TPSA) is 107 Å². The van der Waals surface area contributed by atoms with Crippen molar-refractivity contribution in [3.63, 3.8) is 0 Å². The number of hydrogen-bond acceptors (Lipinski definition) is 8. The molecule has 3 rings (SSSR count). The summed E-state index contributed by atoms with van der Waals surface area (Å²) in [4.78, 5) is 26.4. The molecule has 0 aliphatic heterocycles. The predicted molar refractivity (Wildman–Crippen MR) is 117 cm³/mol. The number of urea groups is 1. The standard InChI is InChI=1S/C19H22ClN5O4S/c1-10(29-6-5-27-3)15-14(9-22-18-16(15)23-11(2)30-18)25-19(26)24-12-7-13(20)17(28-4)21-8-12/h7-10H,5-6H2,1-4H3,(H2,24,25,26). The fourth-order valence-electron chi connectivity index (χ4n) is 2.83. The van der Waals surface area contributed by atoms with Crippen LogP contribution in [0.1, 0.15) is 23.6 Å². The monoisotopic (exact) mass is 451 g/mol. The van der Waals surface area contributed by atoms with Gasteiger partial charge in [-0.1, -0.05) is 22.9 Å². The summed E-state index contributed by atoms with van der Waals surface area (Å²) in [6.07, 6.45) is 2.72. The smallest absolute Gasteiger partial charge is 0.323 e. The van der Waals surface area contributed by atoms with Crippen LogP contribution >= 0.6 is 22.9 Å². The Morgan fingerprint density at radius 2 is 2.03 bits per heavy atom. The molecule has 0 fully saturated rings.